The highest BCUT2D eigenvalue weighted by molar-refractivity contribution is 7.26. The molecule has 0 aliphatic heterocycles. The lowest BCUT2D eigenvalue weighted by molar-refractivity contribution is 1.36. The van der Waals surface area contributed by atoms with E-state index in [1.54, 1.807) is 0 Å². The molecular formula is C35H21NS. The first-order chi connectivity index (χ1) is 18.3. The lowest BCUT2D eigenvalue weighted by Gasteiger charge is -2.12. The van der Waals surface area contributed by atoms with Crippen LogP contribution >= 0.6 is 11.3 Å². The van der Waals surface area contributed by atoms with Gasteiger partial charge in [0, 0.05) is 37.3 Å². The molecule has 0 amide bonds. The molecule has 0 aliphatic carbocycles. The Morgan fingerprint density at radius 3 is 1.81 bits per heavy atom. The molecule has 8 aromatic rings. The van der Waals surface area contributed by atoms with Gasteiger partial charge in [-0.2, -0.15) is 0 Å². The van der Waals surface area contributed by atoms with E-state index in [0.29, 0.717) is 0 Å². The van der Waals surface area contributed by atoms with Gasteiger partial charge in [-0.25, -0.2) is 0 Å². The molecule has 1 nitrogen and oxygen atoms in total. The fraction of sp³-hybridized carbons (Fsp3) is 0. The number of benzene rings is 6. The van der Waals surface area contributed by atoms with Crippen molar-refractivity contribution in [2.75, 3.05) is 0 Å². The summed E-state index contributed by atoms with van der Waals surface area (Å²) < 4.78 is 2.67. The molecule has 2 aromatic heterocycles. The van der Waals surface area contributed by atoms with E-state index in [-0.39, 0.29) is 0 Å². The van der Waals surface area contributed by atoms with Crippen LogP contribution in [-0.2, 0) is 0 Å². The first-order valence-corrected chi connectivity index (χ1v) is 13.4. The van der Waals surface area contributed by atoms with Gasteiger partial charge in [-0.15, -0.1) is 11.3 Å². The zero-order chi connectivity index (χ0) is 24.3. The number of fused-ring (bicyclic) bond motifs is 9. The SMILES string of the molecule is c1cc(-c2cc3c4ccccc4c4ccccc4c3cn2)cc(-c2cccc3c2sc2ccccc23)c1. The first kappa shape index (κ1) is 20.6. The normalized spacial score (nSPS) is 11.8. The third kappa shape index (κ3) is 3.13. The second kappa shape index (κ2) is 7.99. The summed E-state index contributed by atoms with van der Waals surface area (Å²) in [5, 5.41) is 10.2. The second-order valence-electron chi connectivity index (χ2n) is 9.57. The Morgan fingerprint density at radius 1 is 0.432 bits per heavy atom. The van der Waals surface area contributed by atoms with Gasteiger partial charge in [0.15, 0.2) is 0 Å². The van der Waals surface area contributed by atoms with Crippen molar-refractivity contribution in [1.29, 1.82) is 0 Å². The minimum absolute atomic E-state index is 0.998. The fourth-order valence-corrected chi connectivity index (χ4v) is 7.02. The Balaban J connectivity index is 1.34. The van der Waals surface area contributed by atoms with Gasteiger partial charge >= 0.3 is 0 Å². The molecule has 0 aliphatic rings. The van der Waals surface area contributed by atoms with Gasteiger partial charge in [-0.1, -0.05) is 103 Å². The Labute approximate surface area is 218 Å². The quantitative estimate of drug-likeness (QED) is 0.221. The number of rotatable bonds is 2. The maximum Gasteiger partial charge on any atom is 0.0708 e. The van der Waals surface area contributed by atoms with Gasteiger partial charge in [0.05, 0.1) is 5.69 Å². The zero-order valence-corrected chi connectivity index (χ0v) is 20.8. The highest BCUT2D eigenvalue weighted by Gasteiger charge is 2.13. The fourth-order valence-electron chi connectivity index (χ4n) is 5.78. The molecule has 6 aromatic carbocycles. The number of pyridine rings is 1. The molecule has 0 N–H and O–H groups in total. The molecule has 172 valence electrons. The smallest absolute Gasteiger partial charge is 0.0708 e. The van der Waals surface area contributed by atoms with E-state index in [4.69, 9.17) is 4.98 Å². The van der Waals surface area contributed by atoms with Gasteiger partial charge in [0.1, 0.15) is 0 Å². The van der Waals surface area contributed by atoms with Crippen LogP contribution in [0.4, 0.5) is 0 Å². The zero-order valence-electron chi connectivity index (χ0n) is 20.0. The predicted octanol–water partition coefficient (Wildman–Crippen LogP) is 10.2. The maximum atomic E-state index is 4.97. The summed E-state index contributed by atoms with van der Waals surface area (Å²) in [6.07, 6.45) is 2.05. The predicted molar refractivity (Wildman–Crippen MR) is 161 cm³/mol. The number of aromatic nitrogens is 1. The summed E-state index contributed by atoms with van der Waals surface area (Å²) >= 11 is 1.87. The molecule has 2 heteroatoms. The lowest BCUT2D eigenvalue weighted by atomic mass is 9.94. The van der Waals surface area contributed by atoms with Gasteiger partial charge in [-0.3, -0.25) is 4.98 Å². The van der Waals surface area contributed by atoms with Crippen molar-refractivity contribution in [3.8, 4) is 22.4 Å². The number of hydrogen-bond acceptors (Lipinski definition) is 2. The summed E-state index contributed by atoms with van der Waals surface area (Å²) in [5.74, 6) is 0. The first-order valence-electron chi connectivity index (χ1n) is 12.6. The van der Waals surface area contributed by atoms with Crippen LogP contribution in [0.25, 0.3) is 74.9 Å². The lowest BCUT2D eigenvalue weighted by Crippen LogP contribution is -1.88. The summed E-state index contributed by atoms with van der Waals surface area (Å²) in [6, 6.07) is 43.8. The molecule has 0 atom stereocenters. The highest BCUT2D eigenvalue weighted by atomic mass is 32.1. The average Bonchev–Trinajstić information content (AvgIpc) is 3.36. The summed E-state index contributed by atoms with van der Waals surface area (Å²) in [4.78, 5) is 4.97. The summed E-state index contributed by atoms with van der Waals surface area (Å²) in [7, 11) is 0. The summed E-state index contributed by atoms with van der Waals surface area (Å²) in [5.41, 5.74) is 4.63. The van der Waals surface area contributed by atoms with Crippen LogP contribution in [0.3, 0.4) is 0 Å². The molecule has 0 radical (unpaired) electrons. The van der Waals surface area contributed by atoms with Crippen molar-refractivity contribution in [2.45, 2.75) is 0 Å². The number of hydrogen-bond donors (Lipinski definition) is 0. The molecule has 8 rings (SSSR count). The molecule has 0 fully saturated rings. The molecule has 0 saturated carbocycles. The van der Waals surface area contributed by atoms with Crippen LogP contribution in [0, 0.1) is 0 Å². The molecule has 0 spiro atoms. The Bertz CT molecular complexity index is 2120. The number of nitrogens with zero attached hydrogens (tertiary/aromatic N) is 1. The van der Waals surface area contributed by atoms with Crippen molar-refractivity contribution in [2.24, 2.45) is 0 Å². The van der Waals surface area contributed by atoms with Gasteiger partial charge in [-0.05, 0) is 56.3 Å². The van der Waals surface area contributed by atoms with Crippen LogP contribution in [0.5, 0.6) is 0 Å². The third-order valence-electron chi connectivity index (χ3n) is 7.50. The number of thiophene rings is 1. The van der Waals surface area contributed by atoms with Crippen LogP contribution in [0.2, 0.25) is 0 Å². The monoisotopic (exact) mass is 487 g/mol. The largest absolute Gasteiger partial charge is 0.256 e. The van der Waals surface area contributed by atoms with E-state index in [1.807, 2.05) is 11.3 Å². The van der Waals surface area contributed by atoms with E-state index in [9.17, 15) is 0 Å². The van der Waals surface area contributed by atoms with E-state index in [1.165, 1.54) is 63.6 Å². The van der Waals surface area contributed by atoms with E-state index in [2.05, 4.69) is 128 Å². The molecular weight excluding hydrogens is 466 g/mol. The van der Waals surface area contributed by atoms with E-state index in [0.717, 1.165) is 11.3 Å². The Kier molecular flexibility index (Phi) is 4.46. The topological polar surface area (TPSA) is 12.9 Å². The van der Waals surface area contributed by atoms with Crippen LogP contribution in [0.15, 0.2) is 128 Å². The Hall–Kier alpha value is -4.53. The maximum absolute atomic E-state index is 4.97. The molecule has 37 heavy (non-hydrogen) atoms. The van der Waals surface area contributed by atoms with Crippen LogP contribution in [0.1, 0.15) is 0 Å². The highest BCUT2D eigenvalue weighted by Crippen LogP contribution is 2.41. The van der Waals surface area contributed by atoms with Crippen LogP contribution in [-0.4, -0.2) is 4.98 Å². The van der Waals surface area contributed by atoms with E-state index < -0.39 is 0 Å². The average molecular weight is 488 g/mol. The standard InChI is InChI=1S/C35H21NS/c1-3-13-27-25(11-1)26-12-2-4-14-28(26)32-21-36-33(20-31(27)32)23-10-7-9-22(19-23)24-16-8-17-30-29-15-5-6-18-34(29)37-35(24)30/h1-21H. The molecule has 2 heterocycles. The third-order valence-corrected chi connectivity index (χ3v) is 8.72. The molecule has 0 bridgehead atoms. The van der Waals surface area contributed by atoms with Crippen molar-refractivity contribution >= 4 is 63.8 Å². The van der Waals surface area contributed by atoms with Crippen molar-refractivity contribution < 1.29 is 0 Å². The van der Waals surface area contributed by atoms with Gasteiger partial charge < -0.3 is 0 Å². The van der Waals surface area contributed by atoms with Crippen LogP contribution < -0.4 is 0 Å². The molecule has 0 saturated heterocycles. The minimum atomic E-state index is 0.998. The summed E-state index contributed by atoms with van der Waals surface area (Å²) in [6.45, 7) is 0. The Morgan fingerprint density at radius 2 is 1.03 bits per heavy atom. The van der Waals surface area contributed by atoms with Crippen molar-refractivity contribution in [1.82, 2.24) is 4.98 Å². The van der Waals surface area contributed by atoms with Gasteiger partial charge in [0.25, 0.3) is 0 Å². The molecule has 0 unspecified atom stereocenters. The van der Waals surface area contributed by atoms with Crippen molar-refractivity contribution in [3.05, 3.63) is 128 Å². The second-order valence-corrected chi connectivity index (χ2v) is 10.6. The minimum Gasteiger partial charge on any atom is -0.256 e. The van der Waals surface area contributed by atoms with Gasteiger partial charge in [0.2, 0.25) is 0 Å². The van der Waals surface area contributed by atoms with Crippen molar-refractivity contribution in [3.63, 3.8) is 0 Å². The van der Waals surface area contributed by atoms with E-state index >= 15 is 0 Å².